The molecule has 0 aliphatic carbocycles. The summed E-state index contributed by atoms with van der Waals surface area (Å²) in [5, 5.41) is 13.8. The van der Waals surface area contributed by atoms with Gasteiger partial charge in [0.1, 0.15) is 5.82 Å². The Morgan fingerprint density at radius 2 is 2.31 bits per heavy atom. The lowest BCUT2D eigenvalue weighted by molar-refractivity contribution is -0.385. The second-order valence-electron chi connectivity index (χ2n) is 3.65. The van der Waals surface area contributed by atoms with Crippen molar-refractivity contribution in [1.29, 1.82) is 0 Å². The molecule has 1 N–H and O–H groups in total. The van der Waals surface area contributed by atoms with E-state index in [9.17, 15) is 14.5 Å². The number of benzene rings is 1. The largest absolute Gasteiger partial charge is 0.378 e. The van der Waals surface area contributed by atoms with E-state index in [1.165, 1.54) is 12.1 Å². The average molecular weight is 226 g/mol. The van der Waals surface area contributed by atoms with E-state index in [1.807, 2.05) is 0 Å². The Hall–Kier alpha value is -1.53. The topological polar surface area (TPSA) is 64.4 Å². The molecule has 0 atom stereocenters. The Kier molecular flexibility index (Phi) is 3.12. The van der Waals surface area contributed by atoms with Gasteiger partial charge in [0.05, 0.1) is 24.2 Å². The minimum atomic E-state index is -0.506. The highest BCUT2D eigenvalue weighted by Crippen LogP contribution is 2.19. The lowest BCUT2D eigenvalue weighted by Gasteiger charge is -2.26. The quantitative estimate of drug-likeness (QED) is 0.619. The monoisotopic (exact) mass is 226 g/mol. The first-order valence-electron chi connectivity index (χ1n) is 4.91. The summed E-state index contributed by atoms with van der Waals surface area (Å²) < 4.78 is 17.9. The second kappa shape index (κ2) is 4.54. The molecule has 1 heterocycles. The highest BCUT2D eigenvalue weighted by atomic mass is 19.1. The Morgan fingerprint density at radius 3 is 2.88 bits per heavy atom. The lowest BCUT2D eigenvalue weighted by atomic mass is 10.1. The van der Waals surface area contributed by atoms with Crippen LogP contribution in [0.15, 0.2) is 18.2 Å². The smallest absolute Gasteiger partial charge is 0.274 e. The van der Waals surface area contributed by atoms with E-state index < -0.39 is 10.7 Å². The summed E-state index contributed by atoms with van der Waals surface area (Å²) in [6.07, 6.45) is 0. The number of halogens is 1. The molecule has 1 aliphatic heterocycles. The molecule has 0 amide bonds. The van der Waals surface area contributed by atoms with Gasteiger partial charge in [0.25, 0.3) is 5.69 Å². The molecule has 1 aromatic rings. The van der Waals surface area contributed by atoms with Crippen molar-refractivity contribution >= 4 is 5.69 Å². The van der Waals surface area contributed by atoms with Crippen molar-refractivity contribution in [2.75, 3.05) is 13.2 Å². The van der Waals surface area contributed by atoms with Gasteiger partial charge in [-0.05, 0) is 12.1 Å². The third-order valence-electron chi connectivity index (χ3n) is 2.46. The predicted octanol–water partition coefficient (Wildman–Crippen LogP) is 1.22. The minimum Gasteiger partial charge on any atom is -0.378 e. The Bertz CT molecular complexity index is 407. The molecular formula is C10H11FN2O3. The zero-order valence-electron chi connectivity index (χ0n) is 8.48. The van der Waals surface area contributed by atoms with E-state index in [1.54, 1.807) is 0 Å². The maximum Gasteiger partial charge on any atom is 0.274 e. The van der Waals surface area contributed by atoms with Crippen molar-refractivity contribution in [2.45, 2.75) is 12.6 Å². The summed E-state index contributed by atoms with van der Waals surface area (Å²) in [7, 11) is 0. The van der Waals surface area contributed by atoms with E-state index in [0.717, 1.165) is 6.07 Å². The van der Waals surface area contributed by atoms with Crippen molar-refractivity contribution in [3.63, 3.8) is 0 Å². The molecule has 1 aromatic carbocycles. The van der Waals surface area contributed by atoms with Gasteiger partial charge in [0, 0.05) is 18.2 Å². The van der Waals surface area contributed by atoms with Crippen LogP contribution in [0.5, 0.6) is 0 Å². The average Bonchev–Trinajstić information content (AvgIpc) is 2.14. The predicted molar refractivity (Wildman–Crippen MR) is 54.5 cm³/mol. The number of rotatable bonds is 4. The number of nitro groups is 1. The Labute approximate surface area is 91.4 Å². The van der Waals surface area contributed by atoms with Gasteiger partial charge in [-0.3, -0.25) is 10.1 Å². The highest BCUT2D eigenvalue weighted by molar-refractivity contribution is 5.40. The molecule has 1 saturated heterocycles. The molecule has 1 fully saturated rings. The van der Waals surface area contributed by atoms with Gasteiger partial charge >= 0.3 is 0 Å². The summed E-state index contributed by atoms with van der Waals surface area (Å²) >= 11 is 0. The number of nitrogens with one attached hydrogen (secondary N) is 1. The van der Waals surface area contributed by atoms with Crippen LogP contribution >= 0.6 is 0 Å². The molecule has 0 saturated carbocycles. The van der Waals surface area contributed by atoms with E-state index in [0.29, 0.717) is 18.8 Å². The summed E-state index contributed by atoms with van der Waals surface area (Å²) in [6.45, 7) is 1.48. The third kappa shape index (κ3) is 2.34. The van der Waals surface area contributed by atoms with Gasteiger partial charge in [0.15, 0.2) is 0 Å². The molecule has 6 heteroatoms. The van der Waals surface area contributed by atoms with E-state index in [2.05, 4.69) is 5.32 Å². The first-order chi connectivity index (χ1) is 7.66. The van der Waals surface area contributed by atoms with Crippen molar-refractivity contribution in [3.8, 4) is 0 Å². The molecule has 16 heavy (non-hydrogen) atoms. The van der Waals surface area contributed by atoms with E-state index in [4.69, 9.17) is 4.74 Å². The molecule has 0 radical (unpaired) electrons. The Morgan fingerprint density at radius 1 is 1.56 bits per heavy atom. The van der Waals surface area contributed by atoms with Gasteiger partial charge in [-0.15, -0.1) is 0 Å². The van der Waals surface area contributed by atoms with Crippen LogP contribution in [0, 0.1) is 15.9 Å². The molecule has 0 unspecified atom stereocenters. The van der Waals surface area contributed by atoms with Gasteiger partial charge in [-0.1, -0.05) is 0 Å². The molecule has 86 valence electrons. The highest BCUT2D eigenvalue weighted by Gasteiger charge is 2.20. The fourth-order valence-corrected chi connectivity index (χ4v) is 1.48. The first-order valence-corrected chi connectivity index (χ1v) is 4.91. The maximum absolute atomic E-state index is 13.0. The van der Waals surface area contributed by atoms with Crippen LogP contribution in [-0.4, -0.2) is 24.2 Å². The van der Waals surface area contributed by atoms with Crippen LogP contribution in [-0.2, 0) is 11.3 Å². The van der Waals surface area contributed by atoms with Crippen LogP contribution in [0.25, 0.3) is 0 Å². The lowest BCUT2D eigenvalue weighted by Crippen LogP contribution is -2.45. The van der Waals surface area contributed by atoms with Crippen LogP contribution < -0.4 is 5.32 Å². The number of hydrogen-bond donors (Lipinski definition) is 1. The zero-order valence-corrected chi connectivity index (χ0v) is 8.48. The van der Waals surface area contributed by atoms with E-state index >= 15 is 0 Å². The molecule has 0 bridgehead atoms. The van der Waals surface area contributed by atoms with Crippen molar-refractivity contribution in [3.05, 3.63) is 39.7 Å². The molecule has 2 rings (SSSR count). The molecule has 0 spiro atoms. The van der Waals surface area contributed by atoms with Crippen LogP contribution in [0.1, 0.15) is 5.56 Å². The molecular weight excluding hydrogens is 215 g/mol. The molecule has 0 aromatic heterocycles. The standard InChI is InChI=1S/C10H11FN2O3/c11-8-1-2-10(13(14)15)7(3-8)4-12-9-5-16-6-9/h1-3,9,12H,4-6H2. The third-order valence-corrected chi connectivity index (χ3v) is 2.46. The second-order valence-corrected chi connectivity index (χ2v) is 3.65. The maximum atomic E-state index is 13.0. The number of nitro benzene ring substituents is 1. The summed E-state index contributed by atoms with van der Waals surface area (Å²) in [5.74, 6) is -0.466. The fourth-order valence-electron chi connectivity index (χ4n) is 1.48. The van der Waals surface area contributed by atoms with Crippen LogP contribution in [0.2, 0.25) is 0 Å². The number of hydrogen-bond acceptors (Lipinski definition) is 4. The normalized spacial score (nSPS) is 15.8. The van der Waals surface area contributed by atoms with Gasteiger partial charge in [-0.2, -0.15) is 0 Å². The van der Waals surface area contributed by atoms with Crippen LogP contribution in [0.4, 0.5) is 10.1 Å². The number of nitrogens with zero attached hydrogens (tertiary/aromatic N) is 1. The summed E-state index contributed by atoms with van der Waals surface area (Å²) in [5.41, 5.74) is 0.297. The molecule has 1 aliphatic rings. The fraction of sp³-hybridized carbons (Fsp3) is 0.400. The van der Waals surface area contributed by atoms with E-state index in [-0.39, 0.29) is 18.3 Å². The summed E-state index contributed by atoms with van der Waals surface area (Å²) in [4.78, 5) is 10.2. The van der Waals surface area contributed by atoms with Gasteiger partial charge in [-0.25, -0.2) is 4.39 Å². The Balaban J connectivity index is 2.09. The first kappa shape index (κ1) is 11.0. The minimum absolute atomic E-state index is 0.0610. The van der Waals surface area contributed by atoms with Gasteiger partial charge < -0.3 is 10.1 Å². The SMILES string of the molecule is O=[N+]([O-])c1ccc(F)cc1CNC1COC1. The van der Waals surface area contributed by atoms with Crippen molar-refractivity contribution < 1.29 is 14.1 Å². The van der Waals surface area contributed by atoms with Crippen molar-refractivity contribution in [1.82, 2.24) is 5.32 Å². The van der Waals surface area contributed by atoms with Crippen LogP contribution in [0.3, 0.4) is 0 Å². The summed E-state index contributed by atoms with van der Waals surface area (Å²) in [6, 6.07) is 3.67. The number of ether oxygens (including phenoxy) is 1. The van der Waals surface area contributed by atoms with Crippen molar-refractivity contribution in [2.24, 2.45) is 0 Å². The molecule has 5 nitrogen and oxygen atoms in total. The zero-order chi connectivity index (χ0) is 11.5. The van der Waals surface area contributed by atoms with Gasteiger partial charge in [0.2, 0.25) is 0 Å².